The van der Waals surface area contributed by atoms with Gasteiger partial charge in [0.05, 0.1) is 6.61 Å². The number of urea groups is 1. The molecule has 2 atom stereocenters. The quantitative estimate of drug-likeness (QED) is 0.912. The fraction of sp³-hybridized carbons (Fsp3) is 0.611. The first-order valence-electron chi connectivity index (χ1n) is 8.55. The Morgan fingerprint density at radius 3 is 2.64 bits per heavy atom. The van der Waals surface area contributed by atoms with Crippen LogP contribution in [0.5, 0.6) is 5.75 Å². The van der Waals surface area contributed by atoms with Gasteiger partial charge in [-0.05, 0) is 55.9 Å². The molecule has 2 aliphatic rings. The summed E-state index contributed by atoms with van der Waals surface area (Å²) >= 11 is 0. The number of piperidine rings is 1. The van der Waals surface area contributed by atoms with Crippen LogP contribution in [0.3, 0.4) is 0 Å². The number of amides is 2. The standard InChI is InChI=1S/C18H26N2O2/c1-2-22-17-9-7-16(8-10-17)19-18(21)20-12-11-14-5-3-4-6-15(14)13-20/h7-10,14-15H,2-6,11-13H2,1H3,(H,19,21). The molecule has 3 rings (SSSR count). The van der Waals surface area contributed by atoms with Crippen LogP contribution < -0.4 is 10.1 Å². The normalized spacial score (nSPS) is 24.5. The van der Waals surface area contributed by atoms with Crippen molar-refractivity contribution in [3.63, 3.8) is 0 Å². The third-order valence-corrected chi connectivity index (χ3v) is 5.00. The summed E-state index contributed by atoms with van der Waals surface area (Å²) in [7, 11) is 0. The van der Waals surface area contributed by atoms with E-state index in [9.17, 15) is 4.79 Å². The summed E-state index contributed by atoms with van der Waals surface area (Å²) in [6, 6.07) is 7.62. The monoisotopic (exact) mass is 302 g/mol. The number of rotatable bonds is 3. The molecule has 120 valence electrons. The van der Waals surface area contributed by atoms with E-state index in [-0.39, 0.29) is 6.03 Å². The summed E-state index contributed by atoms with van der Waals surface area (Å²) in [5.74, 6) is 2.40. The predicted octanol–water partition coefficient (Wildman–Crippen LogP) is 4.13. The van der Waals surface area contributed by atoms with E-state index in [0.717, 1.165) is 30.4 Å². The minimum absolute atomic E-state index is 0.0354. The van der Waals surface area contributed by atoms with Crippen molar-refractivity contribution in [3.05, 3.63) is 24.3 Å². The smallest absolute Gasteiger partial charge is 0.321 e. The van der Waals surface area contributed by atoms with Gasteiger partial charge in [-0.2, -0.15) is 0 Å². The third-order valence-electron chi connectivity index (χ3n) is 5.00. The molecule has 0 bridgehead atoms. The fourth-order valence-corrected chi connectivity index (χ4v) is 3.79. The summed E-state index contributed by atoms with van der Waals surface area (Å²) in [4.78, 5) is 14.4. The molecular weight excluding hydrogens is 276 g/mol. The molecule has 2 fully saturated rings. The maximum Gasteiger partial charge on any atom is 0.321 e. The molecule has 2 unspecified atom stereocenters. The van der Waals surface area contributed by atoms with Gasteiger partial charge in [0.15, 0.2) is 0 Å². The van der Waals surface area contributed by atoms with Crippen LogP contribution in [0.4, 0.5) is 10.5 Å². The summed E-state index contributed by atoms with van der Waals surface area (Å²) in [5.41, 5.74) is 0.833. The topological polar surface area (TPSA) is 41.6 Å². The van der Waals surface area contributed by atoms with Crippen LogP contribution in [-0.2, 0) is 0 Å². The van der Waals surface area contributed by atoms with Gasteiger partial charge in [0.25, 0.3) is 0 Å². The first kappa shape index (κ1) is 15.2. The van der Waals surface area contributed by atoms with Crippen LogP contribution in [0, 0.1) is 11.8 Å². The molecule has 1 aromatic rings. The van der Waals surface area contributed by atoms with Crippen LogP contribution in [0.1, 0.15) is 39.0 Å². The number of likely N-dealkylation sites (tertiary alicyclic amines) is 1. The van der Waals surface area contributed by atoms with Crippen molar-refractivity contribution in [1.82, 2.24) is 4.90 Å². The molecular formula is C18H26N2O2. The Labute approximate surface area is 132 Å². The van der Waals surface area contributed by atoms with E-state index in [1.807, 2.05) is 36.1 Å². The van der Waals surface area contributed by atoms with Crippen molar-refractivity contribution in [2.24, 2.45) is 11.8 Å². The molecule has 22 heavy (non-hydrogen) atoms. The lowest BCUT2D eigenvalue weighted by atomic mass is 9.75. The predicted molar refractivity (Wildman–Crippen MR) is 88.3 cm³/mol. The molecule has 1 saturated heterocycles. The van der Waals surface area contributed by atoms with Crippen molar-refractivity contribution in [2.45, 2.75) is 39.0 Å². The van der Waals surface area contributed by atoms with Crippen LogP contribution in [-0.4, -0.2) is 30.6 Å². The molecule has 4 nitrogen and oxygen atoms in total. The van der Waals surface area contributed by atoms with E-state index >= 15 is 0 Å². The molecule has 4 heteroatoms. The first-order valence-corrected chi connectivity index (χ1v) is 8.55. The van der Waals surface area contributed by atoms with Gasteiger partial charge in [-0.1, -0.05) is 19.3 Å². The van der Waals surface area contributed by atoms with E-state index in [1.54, 1.807) is 0 Å². The molecule has 0 radical (unpaired) electrons. The summed E-state index contributed by atoms with van der Waals surface area (Å²) in [5, 5.41) is 3.01. The highest BCUT2D eigenvalue weighted by Gasteiger charge is 2.32. The molecule has 2 amide bonds. The Hall–Kier alpha value is -1.71. The molecule has 1 aromatic carbocycles. The van der Waals surface area contributed by atoms with Crippen molar-refractivity contribution in [1.29, 1.82) is 0 Å². The number of benzene rings is 1. The van der Waals surface area contributed by atoms with E-state index in [4.69, 9.17) is 4.74 Å². The molecule has 1 aliphatic carbocycles. The fourth-order valence-electron chi connectivity index (χ4n) is 3.79. The van der Waals surface area contributed by atoms with E-state index in [1.165, 1.54) is 32.1 Å². The summed E-state index contributed by atoms with van der Waals surface area (Å²) in [6.07, 6.45) is 6.52. The number of hydrogen-bond donors (Lipinski definition) is 1. The largest absolute Gasteiger partial charge is 0.494 e. The molecule has 1 N–H and O–H groups in total. The van der Waals surface area contributed by atoms with Crippen LogP contribution in [0.2, 0.25) is 0 Å². The number of ether oxygens (including phenoxy) is 1. The Morgan fingerprint density at radius 2 is 1.91 bits per heavy atom. The highest BCUT2D eigenvalue weighted by atomic mass is 16.5. The highest BCUT2D eigenvalue weighted by molar-refractivity contribution is 5.89. The summed E-state index contributed by atoms with van der Waals surface area (Å²) < 4.78 is 5.42. The van der Waals surface area contributed by atoms with Gasteiger partial charge in [0, 0.05) is 18.8 Å². The maximum atomic E-state index is 12.4. The number of nitrogens with one attached hydrogen (secondary N) is 1. The Kier molecular flexibility index (Phi) is 4.86. The number of anilines is 1. The SMILES string of the molecule is CCOc1ccc(NC(=O)N2CCC3CCCCC3C2)cc1. The van der Waals surface area contributed by atoms with Gasteiger partial charge in [-0.15, -0.1) is 0 Å². The minimum Gasteiger partial charge on any atom is -0.494 e. The van der Waals surface area contributed by atoms with Gasteiger partial charge >= 0.3 is 6.03 Å². The Morgan fingerprint density at radius 1 is 1.18 bits per heavy atom. The van der Waals surface area contributed by atoms with E-state index < -0.39 is 0 Å². The molecule has 0 aromatic heterocycles. The molecule has 0 spiro atoms. The van der Waals surface area contributed by atoms with Gasteiger partial charge in [-0.25, -0.2) is 4.79 Å². The average molecular weight is 302 g/mol. The number of hydrogen-bond acceptors (Lipinski definition) is 2. The lowest BCUT2D eigenvalue weighted by Crippen LogP contribution is -2.46. The van der Waals surface area contributed by atoms with Crippen LogP contribution >= 0.6 is 0 Å². The third kappa shape index (κ3) is 3.54. The van der Waals surface area contributed by atoms with Crippen LogP contribution in [0.15, 0.2) is 24.3 Å². The van der Waals surface area contributed by atoms with E-state index in [0.29, 0.717) is 12.5 Å². The Balaban J connectivity index is 1.55. The lowest BCUT2D eigenvalue weighted by Gasteiger charge is -2.41. The maximum absolute atomic E-state index is 12.4. The zero-order chi connectivity index (χ0) is 15.4. The zero-order valence-electron chi connectivity index (χ0n) is 13.4. The second-order valence-electron chi connectivity index (χ2n) is 6.43. The van der Waals surface area contributed by atoms with Gasteiger partial charge in [0.1, 0.15) is 5.75 Å². The zero-order valence-corrected chi connectivity index (χ0v) is 13.4. The second-order valence-corrected chi connectivity index (χ2v) is 6.43. The number of fused-ring (bicyclic) bond motifs is 1. The van der Waals surface area contributed by atoms with Crippen molar-refractivity contribution < 1.29 is 9.53 Å². The van der Waals surface area contributed by atoms with Gasteiger partial charge in [0.2, 0.25) is 0 Å². The van der Waals surface area contributed by atoms with Gasteiger partial charge in [-0.3, -0.25) is 0 Å². The molecule has 1 heterocycles. The highest BCUT2D eigenvalue weighted by Crippen LogP contribution is 2.36. The molecule has 1 aliphatic heterocycles. The van der Waals surface area contributed by atoms with Crippen LogP contribution in [0.25, 0.3) is 0 Å². The van der Waals surface area contributed by atoms with E-state index in [2.05, 4.69) is 5.32 Å². The second kappa shape index (κ2) is 7.03. The van der Waals surface area contributed by atoms with Crippen molar-refractivity contribution in [3.8, 4) is 5.75 Å². The van der Waals surface area contributed by atoms with Gasteiger partial charge < -0.3 is 15.0 Å². The summed E-state index contributed by atoms with van der Waals surface area (Å²) in [6.45, 7) is 4.43. The minimum atomic E-state index is 0.0354. The lowest BCUT2D eigenvalue weighted by molar-refractivity contribution is 0.108. The number of nitrogens with zero attached hydrogens (tertiary/aromatic N) is 1. The Bertz CT molecular complexity index is 500. The number of carbonyl (C=O) groups excluding carboxylic acids is 1. The first-order chi connectivity index (χ1) is 10.8. The average Bonchev–Trinajstić information content (AvgIpc) is 2.56. The molecule has 1 saturated carbocycles. The number of carbonyl (C=O) groups is 1. The van der Waals surface area contributed by atoms with Crippen molar-refractivity contribution in [2.75, 3.05) is 25.0 Å². The van der Waals surface area contributed by atoms with Crippen molar-refractivity contribution >= 4 is 11.7 Å².